The van der Waals surface area contributed by atoms with Gasteiger partial charge in [0.1, 0.15) is 17.1 Å². The highest BCUT2D eigenvalue weighted by atomic mass is 79.9. The number of benzene rings is 2. The molecule has 4 rings (SSSR count). The Morgan fingerprint density at radius 1 is 1.23 bits per heavy atom. The molecule has 0 radical (unpaired) electrons. The summed E-state index contributed by atoms with van der Waals surface area (Å²) in [7, 11) is -3.64. The maximum Gasteiger partial charge on any atom is 0.309 e. The topological polar surface area (TPSA) is 71.0 Å². The van der Waals surface area contributed by atoms with Gasteiger partial charge in [-0.15, -0.1) is 0 Å². The van der Waals surface area contributed by atoms with E-state index in [-0.39, 0.29) is 11.5 Å². The fraction of sp³-hybridized carbons (Fsp3) is 0.333. The van der Waals surface area contributed by atoms with Gasteiger partial charge in [-0.05, 0) is 60.5 Å². The Hall–Kier alpha value is -1.97. The molecule has 2 aliphatic heterocycles. The Morgan fingerprint density at radius 2 is 1.97 bits per heavy atom. The van der Waals surface area contributed by atoms with E-state index in [2.05, 4.69) is 21.2 Å². The van der Waals surface area contributed by atoms with Crippen molar-refractivity contribution < 1.29 is 12.6 Å². The van der Waals surface area contributed by atoms with Crippen LogP contribution in [-0.4, -0.2) is 43.1 Å². The monoisotopic (exact) mass is 507 g/mol. The van der Waals surface area contributed by atoms with E-state index >= 15 is 0 Å². The van der Waals surface area contributed by atoms with Gasteiger partial charge in [0.05, 0.1) is 5.75 Å². The van der Waals surface area contributed by atoms with Crippen molar-refractivity contribution in [3.8, 4) is 5.75 Å². The number of nitrogens with one attached hydrogen (secondary N) is 1. The van der Waals surface area contributed by atoms with E-state index in [4.69, 9.17) is 21.4 Å². The Morgan fingerprint density at radius 3 is 2.70 bits per heavy atom. The average molecular weight is 508 g/mol. The fourth-order valence-corrected chi connectivity index (χ4v) is 5.63. The lowest BCUT2D eigenvalue weighted by atomic mass is 9.82. The van der Waals surface area contributed by atoms with E-state index in [1.54, 1.807) is 25.1 Å². The predicted molar refractivity (Wildman–Crippen MR) is 125 cm³/mol. The predicted octanol–water partition coefficient (Wildman–Crippen LogP) is 3.80. The van der Waals surface area contributed by atoms with Gasteiger partial charge >= 0.3 is 10.1 Å². The molecule has 0 amide bonds. The van der Waals surface area contributed by atoms with Gasteiger partial charge in [0, 0.05) is 17.6 Å². The van der Waals surface area contributed by atoms with Crippen LogP contribution in [0.5, 0.6) is 5.75 Å². The first-order valence-electron chi connectivity index (χ1n) is 9.79. The minimum Gasteiger partial charge on any atom is -0.382 e. The van der Waals surface area contributed by atoms with Gasteiger partial charge in [0.2, 0.25) is 0 Å². The first-order chi connectivity index (χ1) is 14.4. The van der Waals surface area contributed by atoms with Gasteiger partial charge in [-0.25, -0.2) is 0 Å². The van der Waals surface area contributed by atoms with Crippen LogP contribution in [0.25, 0.3) is 0 Å². The highest BCUT2D eigenvalue weighted by Gasteiger charge is 2.50. The smallest absolute Gasteiger partial charge is 0.309 e. The van der Waals surface area contributed by atoms with Crippen molar-refractivity contribution in [1.29, 1.82) is 0 Å². The van der Waals surface area contributed by atoms with Gasteiger partial charge in [0.15, 0.2) is 5.11 Å². The van der Waals surface area contributed by atoms with Gasteiger partial charge < -0.3 is 14.4 Å². The number of rotatable bonds is 6. The molecule has 0 bridgehead atoms. The number of hydrogen-bond acceptors (Lipinski definition) is 5. The standard InChI is InChI=1S/C21H22BrN3O3S2/c1-2-12-30(26,27)28-18-9-4-7-16(14-18)21(15-6-3-8-17(22)13-15)19-23-10-5-11-25(19)20(29)24-21/h3-4,6-9,13-14H,2,5,10-12H2,1H3,(H,24,29). The van der Waals surface area contributed by atoms with Crippen LogP contribution in [0.15, 0.2) is 58.0 Å². The van der Waals surface area contributed by atoms with Crippen LogP contribution in [-0.2, 0) is 15.7 Å². The number of hydrogen-bond donors (Lipinski definition) is 1. The summed E-state index contributed by atoms with van der Waals surface area (Å²) in [6.07, 6.45) is 1.42. The molecule has 2 aromatic rings. The third kappa shape index (κ3) is 3.86. The number of thiocarbonyl (C=S) groups is 1. The number of halogens is 1. The summed E-state index contributed by atoms with van der Waals surface area (Å²) < 4.78 is 30.7. The Balaban J connectivity index is 1.88. The highest BCUT2D eigenvalue weighted by Crippen LogP contribution is 2.40. The van der Waals surface area contributed by atoms with Gasteiger partial charge in [0.25, 0.3) is 0 Å². The Bertz CT molecular complexity index is 1120. The zero-order valence-corrected chi connectivity index (χ0v) is 19.7. The molecule has 30 heavy (non-hydrogen) atoms. The third-order valence-corrected chi connectivity index (χ3v) is 7.30. The number of fused-ring (bicyclic) bond motifs is 1. The second-order valence-corrected chi connectivity index (χ2v) is 10.3. The molecule has 0 aromatic heterocycles. The van der Waals surface area contributed by atoms with Gasteiger partial charge in [-0.2, -0.15) is 8.42 Å². The zero-order valence-electron chi connectivity index (χ0n) is 16.5. The van der Waals surface area contributed by atoms with E-state index in [0.29, 0.717) is 18.1 Å². The third-order valence-electron chi connectivity index (χ3n) is 5.13. The molecule has 0 spiro atoms. The molecule has 2 aliphatic rings. The summed E-state index contributed by atoms with van der Waals surface area (Å²) in [6, 6.07) is 15.1. The van der Waals surface area contributed by atoms with Crippen molar-refractivity contribution in [3.63, 3.8) is 0 Å². The molecule has 0 aliphatic carbocycles. The maximum absolute atomic E-state index is 12.2. The molecule has 1 saturated heterocycles. The van der Waals surface area contributed by atoms with Gasteiger partial charge in [-0.3, -0.25) is 4.99 Å². The van der Waals surface area contributed by atoms with Crippen molar-refractivity contribution in [2.75, 3.05) is 18.8 Å². The summed E-state index contributed by atoms with van der Waals surface area (Å²) in [5.74, 6) is 1.07. The largest absolute Gasteiger partial charge is 0.382 e. The lowest BCUT2D eigenvalue weighted by molar-refractivity contribution is 0.484. The second-order valence-electron chi connectivity index (χ2n) is 7.27. The van der Waals surface area contributed by atoms with Crippen LogP contribution in [0.3, 0.4) is 0 Å². The minimum absolute atomic E-state index is 0.0309. The molecule has 158 valence electrons. The highest BCUT2D eigenvalue weighted by molar-refractivity contribution is 9.10. The molecule has 1 unspecified atom stereocenters. The van der Waals surface area contributed by atoms with Crippen LogP contribution in [0, 0.1) is 0 Å². The maximum atomic E-state index is 12.2. The van der Waals surface area contributed by atoms with E-state index < -0.39 is 15.7 Å². The van der Waals surface area contributed by atoms with Crippen molar-refractivity contribution in [3.05, 3.63) is 64.1 Å². The van der Waals surface area contributed by atoms with E-state index in [1.165, 1.54) is 0 Å². The Labute approximate surface area is 190 Å². The molecule has 1 N–H and O–H groups in total. The molecule has 0 saturated carbocycles. The van der Waals surface area contributed by atoms with E-state index in [0.717, 1.165) is 34.4 Å². The fourth-order valence-electron chi connectivity index (χ4n) is 3.92. The van der Waals surface area contributed by atoms with Crippen molar-refractivity contribution >= 4 is 49.2 Å². The molecule has 2 heterocycles. The summed E-state index contributed by atoms with van der Waals surface area (Å²) >= 11 is 9.21. The molecule has 1 fully saturated rings. The normalized spacial score (nSPS) is 21.1. The van der Waals surface area contributed by atoms with E-state index in [9.17, 15) is 8.42 Å². The summed E-state index contributed by atoms with van der Waals surface area (Å²) in [5.41, 5.74) is 0.945. The SMILES string of the molecule is CCCS(=O)(=O)Oc1cccc(C2(c3cccc(Br)c3)NC(=S)N3CCCN=C32)c1. The lowest BCUT2D eigenvalue weighted by Gasteiger charge is -2.33. The first-order valence-corrected chi connectivity index (χ1v) is 12.6. The summed E-state index contributed by atoms with van der Waals surface area (Å²) in [6.45, 7) is 3.31. The molecular weight excluding hydrogens is 486 g/mol. The second kappa shape index (κ2) is 8.28. The number of aliphatic imine (C=N–C) groups is 1. The van der Waals surface area contributed by atoms with Crippen LogP contribution < -0.4 is 9.50 Å². The summed E-state index contributed by atoms with van der Waals surface area (Å²) in [4.78, 5) is 6.86. The quantitative estimate of drug-likeness (QED) is 0.473. The van der Waals surface area contributed by atoms with Gasteiger partial charge in [-0.1, -0.05) is 47.1 Å². The Kier molecular flexibility index (Phi) is 5.87. The summed E-state index contributed by atoms with van der Waals surface area (Å²) in [5, 5.41) is 4.09. The van der Waals surface area contributed by atoms with Crippen molar-refractivity contribution in [2.45, 2.75) is 25.3 Å². The minimum atomic E-state index is -3.64. The zero-order chi connectivity index (χ0) is 21.4. The number of amidine groups is 1. The molecule has 9 heteroatoms. The van der Waals surface area contributed by atoms with E-state index in [1.807, 2.05) is 35.2 Å². The van der Waals surface area contributed by atoms with Crippen LogP contribution >= 0.6 is 28.1 Å². The lowest BCUT2D eigenvalue weighted by Crippen LogP contribution is -2.46. The molecular formula is C21H22BrN3O3S2. The van der Waals surface area contributed by atoms with Crippen LogP contribution in [0.2, 0.25) is 0 Å². The van der Waals surface area contributed by atoms with Crippen molar-refractivity contribution in [1.82, 2.24) is 10.2 Å². The number of nitrogens with zero attached hydrogens (tertiary/aromatic N) is 2. The van der Waals surface area contributed by atoms with Crippen molar-refractivity contribution in [2.24, 2.45) is 4.99 Å². The molecule has 2 aromatic carbocycles. The van der Waals surface area contributed by atoms with Crippen LogP contribution in [0.1, 0.15) is 30.9 Å². The molecule has 6 nitrogen and oxygen atoms in total. The first kappa shape index (κ1) is 21.3. The van der Waals surface area contributed by atoms with Crippen LogP contribution in [0.4, 0.5) is 0 Å². The molecule has 1 atom stereocenters. The average Bonchev–Trinajstić information content (AvgIpc) is 3.02.